The Morgan fingerprint density at radius 3 is 1.56 bits per heavy atom. The Hall–Kier alpha value is -2.81. The van der Waals surface area contributed by atoms with Crippen molar-refractivity contribution >= 4 is 19.8 Å². The molecule has 10 heteroatoms. The van der Waals surface area contributed by atoms with Gasteiger partial charge in [-0.2, -0.15) is 0 Å². The van der Waals surface area contributed by atoms with Crippen LogP contribution in [0.15, 0.2) is 85.1 Å². The first kappa shape index (κ1) is 52.2. The minimum absolute atomic E-state index is 0.0366. The van der Waals surface area contributed by atoms with Crippen molar-refractivity contribution in [3.8, 4) is 0 Å². The maximum absolute atomic E-state index is 12.5. The average molecular weight is 790 g/mol. The normalized spacial score (nSPS) is 14.2. The van der Waals surface area contributed by atoms with Crippen molar-refractivity contribution in [2.45, 2.75) is 161 Å². The zero-order chi connectivity index (χ0) is 40.3. The Morgan fingerprint density at radius 2 is 1.04 bits per heavy atom. The van der Waals surface area contributed by atoms with Gasteiger partial charge in [-0.25, -0.2) is 4.57 Å². The molecule has 2 atom stereocenters. The van der Waals surface area contributed by atoms with Gasteiger partial charge in [-0.05, 0) is 77.0 Å². The summed E-state index contributed by atoms with van der Waals surface area (Å²) in [6.45, 7) is 3.49. The molecule has 0 aliphatic carbocycles. The molecule has 314 valence electrons. The highest BCUT2D eigenvalue weighted by Crippen LogP contribution is 2.43. The predicted octanol–water partition coefficient (Wildman–Crippen LogP) is 12.0. The predicted molar refractivity (Wildman–Crippen MR) is 229 cm³/mol. The first-order valence-electron chi connectivity index (χ1n) is 21.1. The van der Waals surface area contributed by atoms with Crippen molar-refractivity contribution in [3.05, 3.63) is 85.1 Å². The molecule has 0 aromatic carbocycles. The summed E-state index contributed by atoms with van der Waals surface area (Å²) in [5.74, 6) is -0.944. The quantitative estimate of drug-likeness (QED) is 0.0271. The molecule has 0 bridgehead atoms. The summed E-state index contributed by atoms with van der Waals surface area (Å²) in [6, 6.07) is 0. The largest absolute Gasteiger partial charge is 0.472 e. The van der Waals surface area contributed by atoms with E-state index in [0.717, 1.165) is 70.6 Å². The van der Waals surface area contributed by atoms with E-state index in [4.69, 9.17) is 24.3 Å². The van der Waals surface area contributed by atoms with Gasteiger partial charge >= 0.3 is 19.8 Å². The van der Waals surface area contributed by atoms with Gasteiger partial charge in [0.25, 0.3) is 0 Å². The van der Waals surface area contributed by atoms with Gasteiger partial charge in [0.2, 0.25) is 0 Å². The van der Waals surface area contributed by atoms with E-state index in [1.807, 2.05) is 12.2 Å². The van der Waals surface area contributed by atoms with Gasteiger partial charge in [-0.1, -0.05) is 150 Å². The molecule has 0 aliphatic heterocycles. The van der Waals surface area contributed by atoms with Gasteiger partial charge < -0.3 is 20.1 Å². The highest BCUT2D eigenvalue weighted by Gasteiger charge is 2.25. The number of nitrogens with two attached hydrogens (primary N) is 1. The van der Waals surface area contributed by atoms with Crippen LogP contribution in [0.3, 0.4) is 0 Å². The lowest BCUT2D eigenvalue weighted by Crippen LogP contribution is -2.29. The van der Waals surface area contributed by atoms with Gasteiger partial charge in [-0.15, -0.1) is 0 Å². The molecule has 0 heterocycles. The zero-order valence-corrected chi connectivity index (χ0v) is 35.3. The number of phosphoric ester groups is 1. The van der Waals surface area contributed by atoms with E-state index < -0.39 is 32.5 Å². The molecule has 0 aromatic heterocycles. The van der Waals surface area contributed by atoms with Crippen LogP contribution in [0.1, 0.15) is 155 Å². The molecule has 55 heavy (non-hydrogen) atoms. The number of ether oxygens (including phenoxy) is 2. The summed E-state index contributed by atoms with van der Waals surface area (Å²) < 4.78 is 32.6. The van der Waals surface area contributed by atoms with Gasteiger partial charge in [0.15, 0.2) is 6.10 Å². The number of phosphoric acid groups is 1. The highest BCUT2D eigenvalue weighted by atomic mass is 31.2. The first-order valence-corrected chi connectivity index (χ1v) is 22.6. The van der Waals surface area contributed by atoms with Gasteiger partial charge in [0, 0.05) is 19.4 Å². The van der Waals surface area contributed by atoms with E-state index in [0.29, 0.717) is 12.8 Å². The second-order valence-electron chi connectivity index (χ2n) is 13.5. The number of rotatable bonds is 38. The van der Waals surface area contributed by atoms with Crippen LogP contribution in [0.2, 0.25) is 0 Å². The number of carbonyl (C=O) groups is 2. The summed E-state index contributed by atoms with van der Waals surface area (Å²) in [6.07, 6.45) is 50.6. The van der Waals surface area contributed by atoms with Crippen molar-refractivity contribution in [3.63, 3.8) is 0 Å². The van der Waals surface area contributed by atoms with Crippen LogP contribution in [0.5, 0.6) is 0 Å². The third kappa shape index (κ3) is 40.7. The lowest BCUT2D eigenvalue weighted by molar-refractivity contribution is -0.161. The maximum Gasteiger partial charge on any atom is 0.472 e. The molecule has 0 amide bonds. The Kier molecular flexibility index (Phi) is 38.8. The Balaban J connectivity index is 4.34. The van der Waals surface area contributed by atoms with E-state index in [1.54, 1.807) is 0 Å². The van der Waals surface area contributed by atoms with E-state index in [-0.39, 0.29) is 32.6 Å². The fraction of sp³-hybridized carbons (Fsp3) is 0.644. The van der Waals surface area contributed by atoms with Gasteiger partial charge in [-0.3, -0.25) is 18.6 Å². The summed E-state index contributed by atoms with van der Waals surface area (Å²) in [5, 5.41) is 0. The van der Waals surface area contributed by atoms with Crippen molar-refractivity contribution in [2.24, 2.45) is 5.73 Å². The van der Waals surface area contributed by atoms with Gasteiger partial charge in [0.1, 0.15) is 6.61 Å². The molecule has 0 saturated carbocycles. The molecule has 0 saturated heterocycles. The summed E-state index contributed by atoms with van der Waals surface area (Å²) in [7, 11) is -4.40. The Morgan fingerprint density at radius 1 is 0.564 bits per heavy atom. The first-order chi connectivity index (χ1) is 26.8. The van der Waals surface area contributed by atoms with Crippen molar-refractivity contribution < 1.29 is 37.6 Å². The summed E-state index contributed by atoms with van der Waals surface area (Å²) >= 11 is 0. The van der Waals surface area contributed by atoms with Crippen LogP contribution in [0, 0.1) is 0 Å². The molecular formula is C45H76NO8P. The van der Waals surface area contributed by atoms with Crippen LogP contribution < -0.4 is 5.73 Å². The number of hydrogen-bond donors (Lipinski definition) is 2. The average Bonchev–Trinajstić information content (AvgIpc) is 3.17. The topological polar surface area (TPSA) is 134 Å². The van der Waals surface area contributed by atoms with E-state index in [9.17, 15) is 19.0 Å². The molecule has 2 unspecified atom stereocenters. The van der Waals surface area contributed by atoms with Crippen LogP contribution in [0.4, 0.5) is 0 Å². The number of unbranched alkanes of at least 4 members (excludes halogenated alkanes) is 11. The number of allylic oxidation sites excluding steroid dienone is 14. The number of esters is 2. The molecule has 0 aromatic rings. The van der Waals surface area contributed by atoms with Crippen LogP contribution >= 0.6 is 7.82 Å². The Labute approximate surface area is 334 Å². The summed E-state index contributed by atoms with van der Waals surface area (Å²) in [5.41, 5.74) is 5.34. The minimum Gasteiger partial charge on any atom is -0.462 e. The standard InChI is InChI=1S/C45H76NO8P/c1-3-5-7-9-11-13-15-17-19-20-21-22-24-26-28-30-32-34-36-38-45(48)54-43(42-53-55(49,50)52-40-39-46)41-51-44(47)37-35-33-31-29-27-25-23-18-16-14-12-10-8-6-4-2/h5,7,11,13,17-19,21-23,26,28,32,34,43H,3-4,6,8-10,12,14-16,20,24-25,27,29-31,33,35-42,46H2,1-2H3,(H,49,50). The number of carbonyl (C=O) groups excluding carboxylic acids is 2. The van der Waals surface area contributed by atoms with Crippen LogP contribution in [0.25, 0.3) is 0 Å². The lowest BCUT2D eigenvalue weighted by atomic mass is 10.1. The second-order valence-corrected chi connectivity index (χ2v) is 14.9. The Bertz CT molecular complexity index is 1170. The molecule has 0 spiro atoms. The van der Waals surface area contributed by atoms with E-state index in [1.165, 1.54) is 44.9 Å². The molecule has 0 rings (SSSR count). The maximum atomic E-state index is 12.5. The fourth-order valence-corrected chi connectivity index (χ4v) is 5.95. The molecule has 0 fully saturated rings. The number of hydrogen-bond acceptors (Lipinski definition) is 8. The molecule has 9 nitrogen and oxygen atoms in total. The van der Waals surface area contributed by atoms with Crippen molar-refractivity contribution in [2.75, 3.05) is 26.4 Å². The smallest absolute Gasteiger partial charge is 0.462 e. The van der Waals surface area contributed by atoms with Crippen molar-refractivity contribution in [1.29, 1.82) is 0 Å². The molecule has 3 N–H and O–H groups in total. The van der Waals surface area contributed by atoms with Crippen LogP contribution in [-0.4, -0.2) is 49.3 Å². The minimum atomic E-state index is -4.40. The van der Waals surface area contributed by atoms with E-state index in [2.05, 4.69) is 86.8 Å². The monoisotopic (exact) mass is 790 g/mol. The second kappa shape index (κ2) is 40.8. The van der Waals surface area contributed by atoms with Crippen LogP contribution in [-0.2, 0) is 32.7 Å². The molecule has 0 radical (unpaired) electrons. The third-order valence-corrected chi connectivity index (χ3v) is 9.26. The zero-order valence-electron chi connectivity index (χ0n) is 34.4. The summed E-state index contributed by atoms with van der Waals surface area (Å²) in [4.78, 5) is 34.8. The third-order valence-electron chi connectivity index (χ3n) is 8.28. The molecular weight excluding hydrogens is 713 g/mol. The highest BCUT2D eigenvalue weighted by molar-refractivity contribution is 7.47. The fourth-order valence-electron chi connectivity index (χ4n) is 5.18. The molecule has 0 aliphatic rings. The van der Waals surface area contributed by atoms with Gasteiger partial charge in [0.05, 0.1) is 13.2 Å². The van der Waals surface area contributed by atoms with E-state index >= 15 is 0 Å². The SMILES string of the molecule is CCC=CCC=CCC=CCC=CCC=CCC=CCCC(=O)OC(COC(=O)CCCCCCCC=CCCCCCCCC)COP(=O)(O)OCCN. The van der Waals surface area contributed by atoms with Crippen molar-refractivity contribution in [1.82, 2.24) is 0 Å². The lowest BCUT2D eigenvalue weighted by Gasteiger charge is -2.19.